The maximum absolute atomic E-state index is 12.0. The largest absolute Gasteiger partial charge is 0.481 e. The number of nitrogens with zero attached hydrogens (tertiary/aromatic N) is 1. The lowest BCUT2D eigenvalue weighted by molar-refractivity contribution is -0.137. The van der Waals surface area contributed by atoms with E-state index in [1.54, 1.807) is 18.2 Å². The highest BCUT2D eigenvalue weighted by atomic mass is 16.4. The Morgan fingerprint density at radius 3 is 2.94 bits per heavy atom. The highest BCUT2D eigenvalue weighted by Crippen LogP contribution is 2.28. The fraction of sp³-hybridized carbons (Fsp3) is 0.308. The van der Waals surface area contributed by atoms with Gasteiger partial charge in [0.25, 0.3) is 0 Å². The Kier molecular flexibility index (Phi) is 2.92. The third-order valence-corrected chi connectivity index (χ3v) is 3.05. The van der Waals surface area contributed by atoms with E-state index < -0.39 is 11.9 Å². The molecule has 0 saturated carbocycles. The van der Waals surface area contributed by atoms with Gasteiger partial charge < -0.3 is 5.11 Å². The summed E-state index contributed by atoms with van der Waals surface area (Å²) in [6.45, 7) is 0. The van der Waals surface area contributed by atoms with Crippen molar-refractivity contribution >= 4 is 11.8 Å². The van der Waals surface area contributed by atoms with Crippen molar-refractivity contribution < 1.29 is 14.7 Å². The Morgan fingerprint density at radius 1 is 1.53 bits per heavy atom. The second-order valence-corrected chi connectivity index (χ2v) is 4.18. The lowest BCUT2D eigenvalue weighted by atomic mass is 9.80. The first kappa shape index (κ1) is 11.3. The Hall–Kier alpha value is -2.15. The average molecular weight is 229 g/mol. The molecule has 1 aromatic carbocycles. The summed E-state index contributed by atoms with van der Waals surface area (Å²) in [5.74, 6) is -1.48. The molecule has 1 aliphatic carbocycles. The van der Waals surface area contributed by atoms with Crippen molar-refractivity contribution in [2.45, 2.75) is 19.3 Å². The number of carbonyl (C=O) groups is 2. The maximum Gasteiger partial charge on any atom is 0.304 e. The minimum atomic E-state index is -0.944. The van der Waals surface area contributed by atoms with Gasteiger partial charge in [-0.15, -0.1) is 0 Å². The number of hydrogen-bond acceptors (Lipinski definition) is 3. The van der Waals surface area contributed by atoms with Crippen LogP contribution in [0.1, 0.15) is 34.3 Å². The highest BCUT2D eigenvalue weighted by Gasteiger charge is 2.28. The van der Waals surface area contributed by atoms with Crippen molar-refractivity contribution in [1.82, 2.24) is 0 Å². The number of aryl methyl sites for hydroxylation is 1. The van der Waals surface area contributed by atoms with Crippen LogP contribution in [0.4, 0.5) is 0 Å². The molecule has 0 bridgehead atoms. The van der Waals surface area contributed by atoms with Gasteiger partial charge in [0.2, 0.25) is 0 Å². The molecule has 0 heterocycles. The highest BCUT2D eigenvalue weighted by molar-refractivity contribution is 6.01. The molecule has 0 aromatic heterocycles. The maximum atomic E-state index is 12.0. The summed E-state index contributed by atoms with van der Waals surface area (Å²) in [5, 5.41) is 17.5. The fourth-order valence-corrected chi connectivity index (χ4v) is 2.20. The zero-order valence-electron chi connectivity index (χ0n) is 9.14. The molecule has 86 valence electrons. The van der Waals surface area contributed by atoms with E-state index in [2.05, 4.69) is 0 Å². The third kappa shape index (κ3) is 2.18. The van der Waals surface area contributed by atoms with E-state index in [4.69, 9.17) is 10.4 Å². The van der Waals surface area contributed by atoms with Crippen LogP contribution in [0.2, 0.25) is 0 Å². The molecule has 0 saturated heterocycles. The van der Waals surface area contributed by atoms with Crippen LogP contribution in [0, 0.1) is 17.2 Å². The molecule has 2 rings (SSSR count). The Balaban J connectivity index is 2.31. The molecular weight excluding hydrogens is 218 g/mol. The second kappa shape index (κ2) is 4.38. The average Bonchev–Trinajstić information content (AvgIpc) is 2.32. The van der Waals surface area contributed by atoms with Gasteiger partial charge in [-0.3, -0.25) is 9.59 Å². The van der Waals surface area contributed by atoms with Crippen molar-refractivity contribution in [3.63, 3.8) is 0 Å². The second-order valence-electron chi connectivity index (χ2n) is 4.18. The number of hydrogen-bond donors (Lipinski definition) is 1. The predicted octanol–water partition coefficient (Wildman–Crippen LogP) is 1.78. The zero-order valence-corrected chi connectivity index (χ0v) is 9.14. The summed E-state index contributed by atoms with van der Waals surface area (Å²) in [6, 6.07) is 6.97. The number of rotatable bonds is 2. The lowest BCUT2D eigenvalue weighted by Gasteiger charge is -2.22. The molecule has 0 radical (unpaired) electrons. The zero-order chi connectivity index (χ0) is 12.4. The summed E-state index contributed by atoms with van der Waals surface area (Å²) in [6.07, 6.45) is 1.10. The summed E-state index contributed by atoms with van der Waals surface area (Å²) < 4.78 is 0. The van der Waals surface area contributed by atoms with Crippen LogP contribution in [0.25, 0.3) is 0 Å². The number of aliphatic carboxylic acids is 1. The van der Waals surface area contributed by atoms with Crippen LogP contribution < -0.4 is 0 Å². The molecule has 1 aromatic rings. The molecule has 0 fully saturated rings. The quantitative estimate of drug-likeness (QED) is 0.838. The number of Topliss-reactive ketones (excluding diaryl/α,β-unsaturated/α-hetero) is 1. The molecule has 17 heavy (non-hydrogen) atoms. The fourth-order valence-electron chi connectivity index (χ4n) is 2.20. The molecule has 4 nitrogen and oxygen atoms in total. The van der Waals surface area contributed by atoms with E-state index in [0.29, 0.717) is 24.0 Å². The van der Waals surface area contributed by atoms with Crippen molar-refractivity contribution in [3.05, 3.63) is 34.9 Å². The number of carbonyl (C=O) groups excluding carboxylic acids is 1. The van der Waals surface area contributed by atoms with Crippen LogP contribution in [0.3, 0.4) is 0 Å². The molecule has 0 aliphatic heterocycles. The van der Waals surface area contributed by atoms with Gasteiger partial charge in [-0.25, -0.2) is 0 Å². The van der Waals surface area contributed by atoms with Crippen LogP contribution in [-0.4, -0.2) is 16.9 Å². The van der Waals surface area contributed by atoms with Crippen LogP contribution in [-0.2, 0) is 11.2 Å². The van der Waals surface area contributed by atoms with Crippen LogP contribution in [0.15, 0.2) is 18.2 Å². The molecule has 4 heteroatoms. The van der Waals surface area contributed by atoms with E-state index in [1.807, 2.05) is 6.07 Å². The molecule has 0 amide bonds. The molecule has 1 atom stereocenters. The summed E-state index contributed by atoms with van der Waals surface area (Å²) in [7, 11) is 0. The minimum Gasteiger partial charge on any atom is -0.481 e. The number of carboxylic acid groups (broad SMARTS) is 1. The normalized spacial score (nSPS) is 18.3. The SMILES string of the molecule is N#Cc1ccc2c(c1)CCC(CC(=O)O)C2=O. The summed E-state index contributed by atoms with van der Waals surface area (Å²) in [4.78, 5) is 22.6. The van der Waals surface area contributed by atoms with Gasteiger partial charge in [-0.05, 0) is 36.6 Å². The summed E-state index contributed by atoms with van der Waals surface area (Å²) in [5.41, 5.74) is 1.96. The molecular formula is C13H11NO3. The third-order valence-electron chi connectivity index (χ3n) is 3.05. The number of ketones is 1. The van der Waals surface area contributed by atoms with Crippen molar-refractivity contribution in [1.29, 1.82) is 5.26 Å². The number of fused-ring (bicyclic) bond motifs is 1. The van der Waals surface area contributed by atoms with Gasteiger partial charge in [-0.1, -0.05) is 0 Å². The lowest BCUT2D eigenvalue weighted by Crippen LogP contribution is -2.25. The Labute approximate surface area is 98.5 Å². The standard InChI is InChI=1S/C13H11NO3/c14-7-8-1-4-11-9(5-8)2-3-10(13(11)17)6-12(15)16/h1,4-5,10H,2-3,6H2,(H,15,16). The molecule has 1 N–H and O–H groups in total. The van der Waals surface area contributed by atoms with Crippen molar-refractivity contribution in [3.8, 4) is 6.07 Å². The van der Waals surface area contributed by atoms with E-state index in [0.717, 1.165) is 5.56 Å². The first-order chi connectivity index (χ1) is 8.11. The first-order valence-corrected chi connectivity index (χ1v) is 5.41. The van der Waals surface area contributed by atoms with E-state index >= 15 is 0 Å². The summed E-state index contributed by atoms with van der Waals surface area (Å²) >= 11 is 0. The van der Waals surface area contributed by atoms with Gasteiger partial charge in [-0.2, -0.15) is 5.26 Å². The van der Waals surface area contributed by atoms with Crippen LogP contribution in [0.5, 0.6) is 0 Å². The first-order valence-electron chi connectivity index (χ1n) is 5.41. The van der Waals surface area contributed by atoms with Gasteiger partial charge in [0.05, 0.1) is 18.1 Å². The Morgan fingerprint density at radius 2 is 2.29 bits per heavy atom. The molecule has 1 unspecified atom stereocenters. The molecule has 0 spiro atoms. The van der Waals surface area contributed by atoms with Crippen molar-refractivity contribution in [2.75, 3.05) is 0 Å². The minimum absolute atomic E-state index is 0.113. The van der Waals surface area contributed by atoms with Gasteiger partial charge >= 0.3 is 5.97 Å². The van der Waals surface area contributed by atoms with Crippen molar-refractivity contribution in [2.24, 2.45) is 5.92 Å². The smallest absolute Gasteiger partial charge is 0.304 e. The Bertz CT molecular complexity index is 528. The number of nitriles is 1. The van der Waals surface area contributed by atoms with Gasteiger partial charge in [0.1, 0.15) is 0 Å². The van der Waals surface area contributed by atoms with Crippen LogP contribution >= 0.6 is 0 Å². The topological polar surface area (TPSA) is 78.2 Å². The number of carboxylic acids is 1. The van der Waals surface area contributed by atoms with E-state index in [1.165, 1.54) is 0 Å². The van der Waals surface area contributed by atoms with E-state index in [9.17, 15) is 9.59 Å². The predicted molar refractivity (Wildman–Crippen MR) is 59.6 cm³/mol. The molecule has 1 aliphatic rings. The monoisotopic (exact) mass is 229 g/mol. The van der Waals surface area contributed by atoms with Gasteiger partial charge in [0, 0.05) is 11.5 Å². The van der Waals surface area contributed by atoms with E-state index in [-0.39, 0.29) is 12.2 Å². The van der Waals surface area contributed by atoms with Gasteiger partial charge in [0.15, 0.2) is 5.78 Å². The number of benzene rings is 1.